The van der Waals surface area contributed by atoms with Crippen LogP contribution < -0.4 is 10.2 Å². The first-order chi connectivity index (χ1) is 9.83. The fourth-order valence-corrected chi connectivity index (χ4v) is 1.82. The molecule has 0 aliphatic carbocycles. The van der Waals surface area contributed by atoms with E-state index in [2.05, 4.69) is 34.3 Å². The van der Waals surface area contributed by atoms with Crippen LogP contribution in [0.2, 0.25) is 0 Å². The predicted octanol–water partition coefficient (Wildman–Crippen LogP) is 1.99. The normalized spacial score (nSPS) is 10.7. The summed E-state index contributed by atoms with van der Waals surface area (Å²) in [4.78, 5) is 6.33. The Balaban J connectivity index is 1.97. The summed E-state index contributed by atoms with van der Waals surface area (Å²) in [7, 11) is 0. The number of pyridine rings is 1. The predicted molar refractivity (Wildman–Crippen MR) is 77.3 cm³/mol. The van der Waals surface area contributed by atoms with Crippen LogP contribution in [0.5, 0.6) is 0 Å². The van der Waals surface area contributed by atoms with E-state index in [0.717, 1.165) is 25.2 Å². The monoisotopic (exact) mass is 275 g/mol. The van der Waals surface area contributed by atoms with Gasteiger partial charge in [0.05, 0.1) is 18.8 Å². The van der Waals surface area contributed by atoms with Gasteiger partial charge in [0.25, 0.3) is 0 Å². The number of anilines is 1. The Kier molecular flexibility index (Phi) is 5.49. The topological polar surface area (TPSA) is 67.1 Å². The minimum Gasteiger partial charge on any atom is -0.407 e. The number of aromatic nitrogens is 3. The van der Waals surface area contributed by atoms with Gasteiger partial charge in [-0.25, -0.2) is 0 Å². The van der Waals surface area contributed by atoms with Crippen molar-refractivity contribution in [3.8, 4) is 0 Å². The van der Waals surface area contributed by atoms with Gasteiger partial charge in [0.1, 0.15) is 0 Å². The van der Waals surface area contributed by atoms with E-state index in [9.17, 15) is 0 Å². The highest BCUT2D eigenvalue weighted by molar-refractivity contribution is 5.25. The van der Waals surface area contributed by atoms with Gasteiger partial charge in [0.2, 0.25) is 5.89 Å². The molecule has 0 aliphatic rings. The third-order valence-corrected chi connectivity index (χ3v) is 2.89. The maximum absolute atomic E-state index is 5.67. The highest BCUT2D eigenvalue weighted by atomic mass is 16.4. The van der Waals surface area contributed by atoms with Crippen molar-refractivity contribution in [1.82, 2.24) is 20.5 Å². The van der Waals surface area contributed by atoms with Crippen LogP contribution in [0.1, 0.15) is 31.9 Å². The summed E-state index contributed by atoms with van der Waals surface area (Å²) in [5, 5.41) is 11.4. The molecule has 108 valence electrons. The standard InChI is InChI=1S/C14H21N5O/c1-3-8-15-10-13-17-18-14(20-13)19(4-2)11-12-7-5-6-9-16-12/h5-7,9,15H,3-4,8,10-11H2,1-2H3. The van der Waals surface area contributed by atoms with Crippen molar-refractivity contribution in [3.63, 3.8) is 0 Å². The first-order valence-electron chi connectivity index (χ1n) is 7.01. The number of rotatable bonds is 8. The molecule has 0 saturated carbocycles. The van der Waals surface area contributed by atoms with Gasteiger partial charge in [0, 0.05) is 12.7 Å². The maximum atomic E-state index is 5.67. The average molecular weight is 275 g/mol. The second kappa shape index (κ2) is 7.59. The molecule has 6 nitrogen and oxygen atoms in total. The van der Waals surface area contributed by atoms with Crippen LogP contribution in [-0.2, 0) is 13.1 Å². The quantitative estimate of drug-likeness (QED) is 0.743. The van der Waals surface area contributed by atoms with Crippen LogP contribution in [-0.4, -0.2) is 28.3 Å². The molecule has 2 rings (SSSR count). The molecule has 0 amide bonds. The zero-order chi connectivity index (χ0) is 14.2. The van der Waals surface area contributed by atoms with Gasteiger partial charge in [-0.15, -0.1) is 5.10 Å². The molecule has 0 atom stereocenters. The fourth-order valence-electron chi connectivity index (χ4n) is 1.82. The Morgan fingerprint density at radius 2 is 2.15 bits per heavy atom. The van der Waals surface area contributed by atoms with E-state index in [1.807, 2.05) is 23.1 Å². The zero-order valence-corrected chi connectivity index (χ0v) is 12.0. The van der Waals surface area contributed by atoms with Crippen LogP contribution in [0, 0.1) is 0 Å². The maximum Gasteiger partial charge on any atom is 0.318 e. The molecule has 0 aromatic carbocycles. The van der Waals surface area contributed by atoms with Crippen LogP contribution in [0.25, 0.3) is 0 Å². The largest absolute Gasteiger partial charge is 0.407 e. The minimum atomic E-state index is 0.548. The first-order valence-corrected chi connectivity index (χ1v) is 7.01. The molecule has 0 fully saturated rings. The molecule has 0 saturated heterocycles. The van der Waals surface area contributed by atoms with E-state index in [1.165, 1.54) is 0 Å². The molecule has 0 bridgehead atoms. The lowest BCUT2D eigenvalue weighted by Crippen LogP contribution is -2.22. The number of hydrogen-bond acceptors (Lipinski definition) is 6. The summed E-state index contributed by atoms with van der Waals surface area (Å²) in [6.07, 6.45) is 2.87. The molecule has 0 spiro atoms. The molecule has 2 aromatic heterocycles. The van der Waals surface area contributed by atoms with Crippen LogP contribution in [0.15, 0.2) is 28.8 Å². The molecule has 20 heavy (non-hydrogen) atoms. The van der Waals surface area contributed by atoms with Crippen LogP contribution in [0.3, 0.4) is 0 Å². The summed E-state index contributed by atoms with van der Waals surface area (Å²) in [6.45, 7) is 7.20. The molecule has 1 N–H and O–H groups in total. The summed E-state index contributed by atoms with van der Waals surface area (Å²) in [5.74, 6) is 0.618. The zero-order valence-electron chi connectivity index (χ0n) is 12.0. The first kappa shape index (κ1) is 14.5. The van der Waals surface area contributed by atoms with Gasteiger partial charge in [-0.1, -0.05) is 18.1 Å². The van der Waals surface area contributed by atoms with Gasteiger partial charge in [-0.3, -0.25) is 4.98 Å². The molecule has 2 heterocycles. The Bertz CT molecular complexity index is 499. The Morgan fingerprint density at radius 3 is 2.85 bits per heavy atom. The van der Waals surface area contributed by atoms with Crippen LogP contribution >= 0.6 is 0 Å². The van der Waals surface area contributed by atoms with Gasteiger partial charge < -0.3 is 14.6 Å². The Labute approximate surface area is 119 Å². The summed E-state index contributed by atoms with van der Waals surface area (Å²) in [5.41, 5.74) is 0.984. The lowest BCUT2D eigenvalue weighted by atomic mass is 10.3. The lowest BCUT2D eigenvalue weighted by molar-refractivity contribution is 0.460. The average Bonchev–Trinajstić information content (AvgIpc) is 2.95. The van der Waals surface area contributed by atoms with E-state index in [-0.39, 0.29) is 0 Å². The van der Waals surface area contributed by atoms with Crippen molar-refractivity contribution in [3.05, 3.63) is 36.0 Å². The van der Waals surface area contributed by atoms with Crippen molar-refractivity contribution in [1.29, 1.82) is 0 Å². The SMILES string of the molecule is CCCNCc1nnc(N(CC)Cc2ccccn2)o1. The molecule has 6 heteroatoms. The third-order valence-electron chi connectivity index (χ3n) is 2.89. The number of nitrogens with one attached hydrogen (secondary N) is 1. The minimum absolute atomic E-state index is 0.548. The molecule has 2 aromatic rings. The Hall–Kier alpha value is -1.95. The van der Waals surface area contributed by atoms with Crippen molar-refractivity contribution < 1.29 is 4.42 Å². The second-order valence-electron chi connectivity index (χ2n) is 4.49. The van der Waals surface area contributed by atoms with Gasteiger partial charge >= 0.3 is 6.01 Å². The molecular formula is C14H21N5O. The van der Waals surface area contributed by atoms with E-state index in [1.54, 1.807) is 6.20 Å². The highest BCUT2D eigenvalue weighted by Crippen LogP contribution is 2.14. The lowest BCUT2D eigenvalue weighted by Gasteiger charge is -2.16. The van der Waals surface area contributed by atoms with Gasteiger partial charge in [0.15, 0.2) is 0 Å². The van der Waals surface area contributed by atoms with Gasteiger partial charge in [-0.05, 0) is 32.0 Å². The Morgan fingerprint density at radius 1 is 1.25 bits per heavy atom. The highest BCUT2D eigenvalue weighted by Gasteiger charge is 2.13. The summed E-state index contributed by atoms with van der Waals surface area (Å²) in [6, 6.07) is 6.42. The summed E-state index contributed by atoms with van der Waals surface area (Å²) < 4.78 is 5.67. The summed E-state index contributed by atoms with van der Waals surface area (Å²) >= 11 is 0. The molecule has 0 radical (unpaired) electrons. The second-order valence-corrected chi connectivity index (χ2v) is 4.49. The molecule has 0 unspecified atom stereocenters. The van der Waals surface area contributed by atoms with E-state index in [0.29, 0.717) is 25.0 Å². The van der Waals surface area contributed by atoms with E-state index < -0.39 is 0 Å². The van der Waals surface area contributed by atoms with Crippen molar-refractivity contribution in [2.75, 3.05) is 18.0 Å². The van der Waals surface area contributed by atoms with E-state index >= 15 is 0 Å². The van der Waals surface area contributed by atoms with Crippen molar-refractivity contribution >= 4 is 6.01 Å². The number of hydrogen-bond donors (Lipinski definition) is 1. The van der Waals surface area contributed by atoms with E-state index in [4.69, 9.17) is 4.42 Å². The smallest absolute Gasteiger partial charge is 0.318 e. The molecule has 0 aliphatic heterocycles. The number of nitrogens with zero attached hydrogens (tertiary/aromatic N) is 4. The fraction of sp³-hybridized carbons (Fsp3) is 0.500. The molecular weight excluding hydrogens is 254 g/mol. The third kappa shape index (κ3) is 4.03. The van der Waals surface area contributed by atoms with Crippen molar-refractivity contribution in [2.45, 2.75) is 33.4 Å². The van der Waals surface area contributed by atoms with Crippen molar-refractivity contribution in [2.24, 2.45) is 0 Å². The van der Waals surface area contributed by atoms with Gasteiger partial charge in [-0.2, -0.15) is 0 Å². The van der Waals surface area contributed by atoms with Crippen LogP contribution in [0.4, 0.5) is 6.01 Å².